The van der Waals surface area contributed by atoms with Crippen LogP contribution < -0.4 is 4.90 Å². The van der Waals surface area contributed by atoms with Gasteiger partial charge in [0.25, 0.3) is 5.91 Å². The van der Waals surface area contributed by atoms with Gasteiger partial charge in [-0.2, -0.15) is 0 Å². The van der Waals surface area contributed by atoms with Crippen LogP contribution in [-0.4, -0.2) is 17.9 Å². The SMILES string of the molecule is CCCC(=O)O[C@@H]1C[C@@H](C)N(C(=O)c2ccccc2)c2ccc(C)cc21. The second-order valence-electron chi connectivity index (χ2n) is 6.92. The Bertz CT molecular complexity index is 800. The first-order valence-corrected chi connectivity index (χ1v) is 9.20. The van der Waals surface area contributed by atoms with Crippen LogP contribution in [0.4, 0.5) is 5.69 Å². The minimum atomic E-state index is -0.307. The monoisotopic (exact) mass is 351 g/mol. The lowest BCUT2D eigenvalue weighted by molar-refractivity contribution is -0.150. The minimum Gasteiger partial charge on any atom is -0.457 e. The van der Waals surface area contributed by atoms with Gasteiger partial charge >= 0.3 is 5.97 Å². The van der Waals surface area contributed by atoms with Crippen molar-refractivity contribution in [3.63, 3.8) is 0 Å². The van der Waals surface area contributed by atoms with Gasteiger partial charge in [0.05, 0.1) is 5.69 Å². The number of carbonyl (C=O) groups is 2. The number of benzene rings is 2. The molecule has 0 N–H and O–H groups in total. The van der Waals surface area contributed by atoms with E-state index < -0.39 is 0 Å². The fraction of sp³-hybridized carbons (Fsp3) is 0.364. The van der Waals surface area contributed by atoms with Crippen LogP contribution in [0.3, 0.4) is 0 Å². The lowest BCUT2D eigenvalue weighted by atomic mass is 9.91. The molecule has 2 aromatic rings. The summed E-state index contributed by atoms with van der Waals surface area (Å²) in [4.78, 5) is 27.0. The summed E-state index contributed by atoms with van der Waals surface area (Å²) in [5, 5.41) is 0. The highest BCUT2D eigenvalue weighted by Crippen LogP contribution is 2.40. The number of carbonyl (C=O) groups excluding carboxylic acids is 2. The largest absolute Gasteiger partial charge is 0.457 e. The van der Waals surface area contributed by atoms with Gasteiger partial charge < -0.3 is 9.64 Å². The normalized spacial score (nSPS) is 19.0. The maximum Gasteiger partial charge on any atom is 0.306 e. The Morgan fingerprint density at radius 3 is 2.58 bits per heavy atom. The van der Waals surface area contributed by atoms with Crippen molar-refractivity contribution in [3.8, 4) is 0 Å². The molecule has 1 heterocycles. The average Bonchev–Trinajstić information content (AvgIpc) is 2.63. The molecule has 0 radical (unpaired) electrons. The van der Waals surface area contributed by atoms with Gasteiger partial charge in [-0.05, 0) is 38.5 Å². The lowest BCUT2D eigenvalue weighted by Gasteiger charge is -2.39. The van der Waals surface area contributed by atoms with Crippen molar-refractivity contribution in [2.24, 2.45) is 0 Å². The van der Waals surface area contributed by atoms with Crippen LogP contribution in [0.1, 0.15) is 60.7 Å². The molecule has 1 aliphatic rings. The Labute approximate surface area is 154 Å². The molecule has 1 amide bonds. The van der Waals surface area contributed by atoms with Crippen molar-refractivity contribution < 1.29 is 14.3 Å². The smallest absolute Gasteiger partial charge is 0.306 e. The Morgan fingerprint density at radius 2 is 1.88 bits per heavy atom. The molecule has 0 aromatic heterocycles. The van der Waals surface area contributed by atoms with Gasteiger partial charge in [0.15, 0.2) is 0 Å². The van der Waals surface area contributed by atoms with Crippen molar-refractivity contribution in [2.45, 2.75) is 52.2 Å². The van der Waals surface area contributed by atoms with Gasteiger partial charge in [-0.25, -0.2) is 0 Å². The quantitative estimate of drug-likeness (QED) is 0.742. The molecule has 0 saturated carbocycles. The first kappa shape index (κ1) is 18.2. The van der Waals surface area contributed by atoms with Gasteiger partial charge in [-0.15, -0.1) is 0 Å². The molecule has 0 bridgehead atoms. The van der Waals surface area contributed by atoms with E-state index in [2.05, 4.69) is 0 Å². The van der Waals surface area contributed by atoms with Crippen LogP contribution in [0.25, 0.3) is 0 Å². The first-order chi connectivity index (χ1) is 12.5. The van der Waals surface area contributed by atoms with Gasteiger partial charge in [-0.3, -0.25) is 9.59 Å². The Morgan fingerprint density at radius 1 is 1.15 bits per heavy atom. The molecule has 1 aliphatic heterocycles. The molecule has 2 atom stereocenters. The zero-order chi connectivity index (χ0) is 18.7. The molecule has 4 heteroatoms. The molecular formula is C22H25NO3. The predicted molar refractivity (Wildman–Crippen MR) is 102 cm³/mol. The van der Waals surface area contributed by atoms with Crippen LogP contribution in [-0.2, 0) is 9.53 Å². The molecule has 0 saturated heterocycles. The number of hydrogen-bond acceptors (Lipinski definition) is 3. The number of hydrogen-bond donors (Lipinski definition) is 0. The number of rotatable bonds is 4. The zero-order valence-corrected chi connectivity index (χ0v) is 15.6. The average molecular weight is 351 g/mol. The summed E-state index contributed by atoms with van der Waals surface area (Å²) in [7, 11) is 0. The van der Waals surface area contributed by atoms with Crippen molar-refractivity contribution in [2.75, 3.05) is 4.90 Å². The number of anilines is 1. The van der Waals surface area contributed by atoms with Crippen molar-refractivity contribution in [1.29, 1.82) is 0 Å². The van der Waals surface area contributed by atoms with Gasteiger partial charge in [0.2, 0.25) is 0 Å². The molecule has 2 aromatic carbocycles. The molecule has 0 unspecified atom stereocenters. The van der Waals surface area contributed by atoms with E-state index in [0.717, 1.165) is 23.2 Å². The second kappa shape index (κ2) is 7.73. The standard InChI is InChI=1S/C22H25NO3/c1-4-8-21(24)26-20-14-16(3)23(19-12-11-15(2)13-18(19)20)22(25)17-9-6-5-7-10-17/h5-7,9-13,16,20H,4,8,14H2,1-3H3/t16-,20-/m1/s1. The van der Waals surface area contributed by atoms with Crippen LogP contribution >= 0.6 is 0 Å². The third-order valence-corrected chi connectivity index (χ3v) is 4.75. The molecule has 3 rings (SSSR count). The van der Waals surface area contributed by atoms with E-state index in [1.807, 2.05) is 74.2 Å². The van der Waals surface area contributed by atoms with E-state index >= 15 is 0 Å². The number of nitrogens with zero attached hydrogens (tertiary/aromatic N) is 1. The molecule has 0 fully saturated rings. The number of aryl methyl sites for hydroxylation is 1. The number of ether oxygens (including phenoxy) is 1. The Kier molecular flexibility index (Phi) is 5.40. The Hall–Kier alpha value is -2.62. The van der Waals surface area contributed by atoms with Gasteiger partial charge in [-0.1, -0.05) is 42.8 Å². The summed E-state index contributed by atoms with van der Waals surface area (Å²) in [6.45, 7) is 5.97. The number of amides is 1. The van der Waals surface area contributed by atoms with Gasteiger partial charge in [0.1, 0.15) is 6.10 Å². The van der Waals surface area contributed by atoms with Crippen molar-refractivity contribution in [3.05, 3.63) is 65.2 Å². The molecule has 0 spiro atoms. The zero-order valence-electron chi connectivity index (χ0n) is 15.6. The highest BCUT2D eigenvalue weighted by molar-refractivity contribution is 6.07. The maximum absolute atomic E-state index is 13.1. The second-order valence-corrected chi connectivity index (χ2v) is 6.92. The van der Waals surface area contributed by atoms with Gasteiger partial charge in [0, 0.05) is 30.0 Å². The third kappa shape index (κ3) is 3.64. The highest BCUT2D eigenvalue weighted by atomic mass is 16.5. The molecule has 26 heavy (non-hydrogen) atoms. The molecule has 0 aliphatic carbocycles. The fourth-order valence-electron chi connectivity index (χ4n) is 3.49. The van der Waals surface area contributed by atoms with E-state index in [0.29, 0.717) is 18.4 Å². The summed E-state index contributed by atoms with van der Waals surface area (Å²) >= 11 is 0. The summed E-state index contributed by atoms with van der Waals surface area (Å²) in [6, 6.07) is 15.2. The molecular weight excluding hydrogens is 326 g/mol. The number of fused-ring (bicyclic) bond motifs is 1. The molecule has 136 valence electrons. The maximum atomic E-state index is 13.1. The topological polar surface area (TPSA) is 46.6 Å². The highest BCUT2D eigenvalue weighted by Gasteiger charge is 2.35. The van der Waals surface area contributed by atoms with Crippen LogP contribution in [0.15, 0.2) is 48.5 Å². The first-order valence-electron chi connectivity index (χ1n) is 9.20. The van der Waals surface area contributed by atoms with Crippen LogP contribution in [0, 0.1) is 6.92 Å². The number of esters is 1. The predicted octanol–water partition coefficient (Wildman–Crippen LogP) is 4.82. The fourth-order valence-corrected chi connectivity index (χ4v) is 3.49. The van der Waals surface area contributed by atoms with E-state index in [1.165, 1.54) is 0 Å². The van der Waals surface area contributed by atoms with Crippen LogP contribution in [0.5, 0.6) is 0 Å². The summed E-state index contributed by atoms with van der Waals surface area (Å²) in [6.07, 6.45) is 1.47. The summed E-state index contributed by atoms with van der Waals surface area (Å²) in [5.41, 5.74) is 3.49. The Balaban J connectivity index is 1.98. The van der Waals surface area contributed by atoms with E-state index in [4.69, 9.17) is 4.74 Å². The van der Waals surface area contributed by atoms with E-state index in [9.17, 15) is 9.59 Å². The van der Waals surface area contributed by atoms with Crippen molar-refractivity contribution in [1.82, 2.24) is 0 Å². The van der Waals surface area contributed by atoms with Crippen molar-refractivity contribution >= 4 is 17.6 Å². The van der Waals surface area contributed by atoms with E-state index in [1.54, 1.807) is 0 Å². The minimum absolute atomic E-state index is 0.0264. The summed E-state index contributed by atoms with van der Waals surface area (Å²) < 4.78 is 5.74. The lowest BCUT2D eigenvalue weighted by Crippen LogP contribution is -2.44. The van der Waals surface area contributed by atoms with Crippen LogP contribution in [0.2, 0.25) is 0 Å². The third-order valence-electron chi connectivity index (χ3n) is 4.75. The molecule has 4 nitrogen and oxygen atoms in total. The van der Waals surface area contributed by atoms with E-state index in [-0.39, 0.29) is 24.0 Å². The summed E-state index contributed by atoms with van der Waals surface area (Å²) in [5.74, 6) is -0.207.